The maximum Gasteiger partial charge on any atom is 0.297 e. The minimum atomic E-state index is -3.90. The van der Waals surface area contributed by atoms with Crippen LogP contribution in [0.3, 0.4) is 0 Å². The molecule has 0 N–H and O–H groups in total. The van der Waals surface area contributed by atoms with Crippen molar-refractivity contribution in [3.05, 3.63) is 76.3 Å². The lowest BCUT2D eigenvalue weighted by molar-refractivity contribution is 0.0561. The topological polar surface area (TPSA) is 61.8 Å². The lowest BCUT2D eigenvalue weighted by Crippen LogP contribution is -2.34. The Balaban J connectivity index is 1.55. The van der Waals surface area contributed by atoms with E-state index in [-0.39, 0.29) is 18.1 Å². The van der Waals surface area contributed by atoms with Gasteiger partial charge in [0.05, 0.1) is 14.9 Å². The molecule has 30 heavy (non-hydrogen) atoms. The molecule has 8 heteroatoms. The van der Waals surface area contributed by atoms with Gasteiger partial charge in [0.25, 0.3) is 10.1 Å². The molecule has 0 fully saturated rings. The van der Waals surface area contributed by atoms with E-state index in [0.717, 1.165) is 5.56 Å². The second-order valence-corrected chi connectivity index (χ2v) is 9.24. The fraction of sp³-hybridized carbons (Fsp3) is 0.182. The highest BCUT2D eigenvalue weighted by molar-refractivity contribution is 7.86. The molecule has 0 aromatic heterocycles. The highest BCUT2D eigenvalue weighted by atomic mass is 35.5. The standard InChI is InChI=1S/C22H18Cl2O5S/c1-14-8-10-16(11-9-14)30(25,26)28-13-15-12-27-20-7-3-5-18(22(20)29-15)17-4-2-6-19(23)21(17)24/h2-11,15H,12-13H2,1H3. The second kappa shape index (κ2) is 8.47. The van der Waals surface area contributed by atoms with Gasteiger partial charge in [-0.2, -0.15) is 8.42 Å². The van der Waals surface area contributed by atoms with Crippen molar-refractivity contribution in [3.8, 4) is 22.6 Å². The van der Waals surface area contributed by atoms with Crippen LogP contribution in [0.5, 0.6) is 11.5 Å². The SMILES string of the molecule is Cc1ccc(S(=O)(=O)OCC2COc3cccc(-c4cccc(Cl)c4Cl)c3O2)cc1. The van der Waals surface area contributed by atoms with Gasteiger partial charge in [-0.25, -0.2) is 0 Å². The molecule has 0 aliphatic carbocycles. The lowest BCUT2D eigenvalue weighted by Gasteiger charge is -2.28. The summed E-state index contributed by atoms with van der Waals surface area (Å²) < 4.78 is 41.9. The molecule has 3 aromatic rings. The molecule has 0 radical (unpaired) electrons. The molecule has 5 nitrogen and oxygen atoms in total. The van der Waals surface area contributed by atoms with Crippen molar-refractivity contribution in [1.29, 1.82) is 0 Å². The smallest absolute Gasteiger partial charge is 0.297 e. The van der Waals surface area contributed by atoms with E-state index < -0.39 is 16.2 Å². The fourth-order valence-electron chi connectivity index (χ4n) is 3.08. The first-order valence-electron chi connectivity index (χ1n) is 9.18. The van der Waals surface area contributed by atoms with Crippen molar-refractivity contribution in [2.75, 3.05) is 13.2 Å². The minimum absolute atomic E-state index is 0.0941. The van der Waals surface area contributed by atoms with E-state index in [1.54, 1.807) is 30.3 Å². The molecule has 1 aliphatic heterocycles. The van der Waals surface area contributed by atoms with Crippen LogP contribution in [0.1, 0.15) is 5.56 Å². The first-order valence-corrected chi connectivity index (χ1v) is 11.3. The van der Waals surface area contributed by atoms with E-state index in [9.17, 15) is 8.42 Å². The van der Waals surface area contributed by atoms with E-state index >= 15 is 0 Å². The Morgan fingerprint density at radius 2 is 1.70 bits per heavy atom. The Bertz CT molecular complexity index is 1180. The summed E-state index contributed by atoms with van der Waals surface area (Å²) in [6.07, 6.45) is -0.614. The molecule has 0 bridgehead atoms. The van der Waals surface area contributed by atoms with Gasteiger partial charge in [-0.1, -0.05) is 65.2 Å². The number of rotatable bonds is 5. The zero-order valence-electron chi connectivity index (χ0n) is 16.0. The fourth-order valence-corrected chi connectivity index (χ4v) is 4.42. The van der Waals surface area contributed by atoms with Crippen molar-refractivity contribution >= 4 is 33.3 Å². The van der Waals surface area contributed by atoms with Crippen molar-refractivity contribution < 1.29 is 22.1 Å². The quantitative estimate of drug-likeness (QED) is 0.465. The molecule has 1 atom stereocenters. The van der Waals surface area contributed by atoms with E-state index in [4.69, 9.17) is 36.9 Å². The van der Waals surface area contributed by atoms with E-state index in [2.05, 4.69) is 0 Å². The molecular weight excluding hydrogens is 447 g/mol. The van der Waals surface area contributed by atoms with Crippen LogP contribution < -0.4 is 9.47 Å². The van der Waals surface area contributed by atoms with Crippen LogP contribution in [-0.2, 0) is 14.3 Å². The molecule has 0 saturated heterocycles. The van der Waals surface area contributed by atoms with Crippen molar-refractivity contribution in [1.82, 2.24) is 0 Å². The number of hydrogen-bond acceptors (Lipinski definition) is 5. The first kappa shape index (κ1) is 21.0. The number of ether oxygens (including phenoxy) is 2. The Hall–Kier alpha value is -2.25. The van der Waals surface area contributed by atoms with E-state index in [1.807, 2.05) is 25.1 Å². The number of halogens is 2. The van der Waals surface area contributed by atoms with Gasteiger partial charge < -0.3 is 9.47 Å². The summed E-state index contributed by atoms with van der Waals surface area (Å²) >= 11 is 12.5. The molecule has 4 rings (SSSR count). The summed E-state index contributed by atoms with van der Waals surface area (Å²) in [5.41, 5.74) is 2.35. The molecule has 0 amide bonds. The lowest BCUT2D eigenvalue weighted by atomic mass is 10.0. The molecule has 1 aliphatic rings. The minimum Gasteiger partial charge on any atom is -0.486 e. The maximum atomic E-state index is 12.5. The predicted molar refractivity (Wildman–Crippen MR) is 116 cm³/mol. The zero-order chi connectivity index (χ0) is 21.3. The summed E-state index contributed by atoms with van der Waals surface area (Å²) in [5.74, 6) is 1.01. The molecule has 3 aromatic carbocycles. The van der Waals surface area contributed by atoms with Gasteiger partial charge >= 0.3 is 0 Å². The highest BCUT2D eigenvalue weighted by Gasteiger charge is 2.27. The van der Waals surface area contributed by atoms with Crippen LogP contribution in [0, 0.1) is 6.92 Å². The normalized spacial score (nSPS) is 15.8. The third-order valence-electron chi connectivity index (χ3n) is 4.65. The number of hydrogen-bond donors (Lipinski definition) is 0. The van der Waals surface area contributed by atoms with Crippen LogP contribution in [-0.4, -0.2) is 27.7 Å². The number of aryl methyl sites for hydroxylation is 1. The first-order chi connectivity index (χ1) is 14.3. The van der Waals surface area contributed by atoms with E-state index in [0.29, 0.717) is 32.7 Å². The van der Waals surface area contributed by atoms with Gasteiger partial charge in [-0.05, 0) is 31.2 Å². The average Bonchev–Trinajstić information content (AvgIpc) is 2.74. The Labute approximate surface area is 185 Å². The van der Waals surface area contributed by atoms with Crippen LogP contribution >= 0.6 is 23.2 Å². The van der Waals surface area contributed by atoms with Crippen molar-refractivity contribution in [2.45, 2.75) is 17.9 Å². The molecule has 1 heterocycles. The van der Waals surface area contributed by atoms with Gasteiger partial charge in [0.2, 0.25) is 0 Å². The summed E-state index contributed by atoms with van der Waals surface area (Å²) in [7, 11) is -3.90. The van der Waals surface area contributed by atoms with Crippen molar-refractivity contribution in [3.63, 3.8) is 0 Å². The second-order valence-electron chi connectivity index (χ2n) is 6.84. The Morgan fingerprint density at radius 1 is 1.00 bits per heavy atom. The number of benzene rings is 3. The molecular formula is C22H18Cl2O5S. The van der Waals surface area contributed by atoms with Crippen LogP contribution in [0.25, 0.3) is 11.1 Å². The van der Waals surface area contributed by atoms with Crippen LogP contribution in [0.15, 0.2) is 65.6 Å². The monoisotopic (exact) mass is 464 g/mol. The van der Waals surface area contributed by atoms with Crippen LogP contribution in [0.2, 0.25) is 10.0 Å². The summed E-state index contributed by atoms with van der Waals surface area (Å²) in [4.78, 5) is 0.0941. The van der Waals surface area contributed by atoms with Crippen molar-refractivity contribution in [2.24, 2.45) is 0 Å². The third kappa shape index (κ3) is 4.27. The van der Waals surface area contributed by atoms with Gasteiger partial charge in [0, 0.05) is 11.1 Å². The summed E-state index contributed by atoms with van der Waals surface area (Å²) in [5, 5.41) is 0.823. The molecule has 156 valence electrons. The van der Waals surface area contributed by atoms with Crippen LogP contribution in [0.4, 0.5) is 0 Å². The molecule has 0 saturated carbocycles. The summed E-state index contributed by atoms with van der Waals surface area (Å²) in [6, 6.07) is 17.2. The maximum absolute atomic E-state index is 12.5. The third-order valence-corrected chi connectivity index (χ3v) is 6.76. The van der Waals surface area contributed by atoms with Gasteiger partial charge in [-0.15, -0.1) is 0 Å². The Kier molecular flexibility index (Phi) is 5.93. The Morgan fingerprint density at radius 3 is 2.47 bits per heavy atom. The van der Waals surface area contributed by atoms with E-state index in [1.165, 1.54) is 12.1 Å². The van der Waals surface area contributed by atoms with Gasteiger partial charge in [0.1, 0.15) is 13.2 Å². The van der Waals surface area contributed by atoms with Gasteiger partial charge in [-0.3, -0.25) is 4.18 Å². The number of para-hydroxylation sites is 1. The summed E-state index contributed by atoms with van der Waals surface area (Å²) in [6.45, 7) is 1.85. The molecule has 1 unspecified atom stereocenters. The largest absolute Gasteiger partial charge is 0.486 e. The average molecular weight is 465 g/mol. The molecule has 0 spiro atoms. The number of fused-ring (bicyclic) bond motifs is 1. The zero-order valence-corrected chi connectivity index (χ0v) is 18.3. The van der Waals surface area contributed by atoms with Gasteiger partial charge in [0.15, 0.2) is 17.6 Å². The highest BCUT2D eigenvalue weighted by Crippen LogP contribution is 2.44. The predicted octanol–water partition coefficient (Wildman–Crippen LogP) is 5.51.